The number of amides is 1. The quantitative estimate of drug-likeness (QED) is 0.262. The molecular weight excluding hydrogens is 478 g/mol. The highest BCUT2D eigenvalue weighted by Gasteiger charge is 2.59. The molecule has 0 spiro atoms. The van der Waals surface area contributed by atoms with Gasteiger partial charge in [0.2, 0.25) is 5.91 Å². The third-order valence-corrected chi connectivity index (χ3v) is 7.59. The van der Waals surface area contributed by atoms with Gasteiger partial charge in [0.25, 0.3) is 0 Å². The van der Waals surface area contributed by atoms with Crippen LogP contribution in [0.4, 0.5) is 5.69 Å². The number of hydrogen-bond acceptors (Lipinski definition) is 4. The van der Waals surface area contributed by atoms with Gasteiger partial charge in [0.05, 0.1) is 18.3 Å². The second-order valence-electron chi connectivity index (χ2n) is 9.81. The fourth-order valence-electron chi connectivity index (χ4n) is 5.85. The largest absolute Gasteiger partial charge is 0.481 e. The molecule has 0 radical (unpaired) electrons. The summed E-state index contributed by atoms with van der Waals surface area (Å²) in [4.78, 5) is 37.8. The Morgan fingerprint density at radius 2 is 1.37 bits per heavy atom. The van der Waals surface area contributed by atoms with E-state index in [-0.39, 0.29) is 5.91 Å². The average Bonchev–Trinajstić information content (AvgIpc) is 3.28. The minimum absolute atomic E-state index is 0.0269. The molecule has 1 heterocycles. The summed E-state index contributed by atoms with van der Waals surface area (Å²) in [7, 11) is 0. The molecule has 4 aromatic rings. The van der Waals surface area contributed by atoms with Gasteiger partial charge in [0, 0.05) is 17.5 Å². The predicted molar refractivity (Wildman–Crippen MR) is 143 cm³/mol. The van der Waals surface area contributed by atoms with Crippen molar-refractivity contribution in [2.75, 3.05) is 5.32 Å². The maximum Gasteiger partial charge on any atom is 0.315 e. The number of carboxylic acid groups (broad SMARTS) is 1. The molecule has 0 aromatic heterocycles. The summed E-state index contributed by atoms with van der Waals surface area (Å²) < 4.78 is 5.92. The molecule has 1 saturated carbocycles. The summed E-state index contributed by atoms with van der Waals surface area (Å²) in [5.41, 5.74) is 5.10. The van der Waals surface area contributed by atoms with Crippen LogP contribution in [0, 0.1) is 11.8 Å². The first-order valence-electron chi connectivity index (χ1n) is 12.6. The van der Waals surface area contributed by atoms with Crippen molar-refractivity contribution in [3.05, 3.63) is 120 Å². The standard InChI is InChI=1S/C32H25NO5/c34-26-18-23-15-14-22(17-25(23)33-26)21-12-7-13-24(16-21)38-32(37)30-27(19-8-3-1-4-9-19)29(31(35)36)28(30)20-10-5-2-6-11-20/h1-17,27-30H,18H2,(H,33,34)(H,35,36)/t27-,28-,29?,30?/m1/s1. The summed E-state index contributed by atoms with van der Waals surface area (Å²) in [5, 5.41) is 13.0. The molecule has 0 bridgehead atoms. The summed E-state index contributed by atoms with van der Waals surface area (Å²) in [5.74, 6) is -3.43. The highest BCUT2D eigenvalue weighted by Crippen LogP contribution is 2.58. The van der Waals surface area contributed by atoms with Crippen molar-refractivity contribution in [2.45, 2.75) is 18.3 Å². The van der Waals surface area contributed by atoms with Crippen LogP contribution in [0.2, 0.25) is 0 Å². The lowest BCUT2D eigenvalue weighted by atomic mass is 9.52. The van der Waals surface area contributed by atoms with Gasteiger partial charge in [-0.25, -0.2) is 0 Å². The van der Waals surface area contributed by atoms with Crippen molar-refractivity contribution in [1.82, 2.24) is 0 Å². The molecule has 6 heteroatoms. The number of carbonyl (C=O) groups excluding carboxylic acids is 2. The van der Waals surface area contributed by atoms with E-state index >= 15 is 0 Å². The third kappa shape index (κ3) is 4.24. The van der Waals surface area contributed by atoms with Crippen LogP contribution >= 0.6 is 0 Å². The molecule has 6 nitrogen and oxygen atoms in total. The van der Waals surface area contributed by atoms with E-state index in [4.69, 9.17) is 4.74 Å². The van der Waals surface area contributed by atoms with Gasteiger partial charge in [-0.2, -0.15) is 0 Å². The van der Waals surface area contributed by atoms with E-state index in [9.17, 15) is 19.5 Å². The van der Waals surface area contributed by atoms with Crippen LogP contribution < -0.4 is 10.1 Å². The molecule has 6 rings (SSSR count). The zero-order chi connectivity index (χ0) is 26.2. The SMILES string of the molecule is O=C1Cc2ccc(-c3cccc(OC(=O)C4[C@H](c5ccccc5)C(C(=O)O)[C@H]4c4ccccc4)c3)cc2N1. The van der Waals surface area contributed by atoms with Gasteiger partial charge in [-0.15, -0.1) is 0 Å². The number of anilines is 1. The second kappa shape index (κ2) is 9.63. The number of nitrogens with one attached hydrogen (secondary N) is 1. The van der Waals surface area contributed by atoms with Crippen LogP contribution in [0.3, 0.4) is 0 Å². The lowest BCUT2D eigenvalue weighted by Crippen LogP contribution is -2.52. The van der Waals surface area contributed by atoms with E-state index in [1.807, 2.05) is 91.0 Å². The summed E-state index contributed by atoms with van der Waals surface area (Å²) >= 11 is 0. The minimum Gasteiger partial charge on any atom is -0.481 e. The summed E-state index contributed by atoms with van der Waals surface area (Å²) in [6.45, 7) is 0. The number of esters is 1. The van der Waals surface area contributed by atoms with Gasteiger partial charge in [0.15, 0.2) is 0 Å². The van der Waals surface area contributed by atoms with E-state index in [2.05, 4.69) is 5.32 Å². The Morgan fingerprint density at radius 1 is 0.737 bits per heavy atom. The van der Waals surface area contributed by atoms with Crippen molar-refractivity contribution in [3.63, 3.8) is 0 Å². The van der Waals surface area contributed by atoms with Crippen molar-refractivity contribution in [1.29, 1.82) is 0 Å². The van der Waals surface area contributed by atoms with E-state index in [0.29, 0.717) is 12.2 Å². The molecular formula is C32H25NO5. The molecule has 2 N–H and O–H groups in total. The molecule has 38 heavy (non-hydrogen) atoms. The van der Waals surface area contributed by atoms with E-state index < -0.39 is 35.6 Å². The first-order valence-corrected chi connectivity index (χ1v) is 12.6. The number of rotatable bonds is 6. The zero-order valence-corrected chi connectivity index (χ0v) is 20.4. The van der Waals surface area contributed by atoms with Crippen LogP contribution in [0.1, 0.15) is 28.5 Å². The Morgan fingerprint density at radius 3 is 2.00 bits per heavy atom. The highest BCUT2D eigenvalue weighted by molar-refractivity contribution is 6.00. The fourth-order valence-corrected chi connectivity index (χ4v) is 5.85. The Hall–Kier alpha value is -4.71. The number of benzene rings is 4. The van der Waals surface area contributed by atoms with E-state index in [1.165, 1.54) is 0 Å². The lowest BCUT2D eigenvalue weighted by Gasteiger charge is -2.48. The molecule has 4 aromatic carbocycles. The Balaban J connectivity index is 1.31. The Labute approximate surface area is 219 Å². The maximum atomic E-state index is 13.7. The van der Waals surface area contributed by atoms with Crippen molar-refractivity contribution in [2.24, 2.45) is 11.8 Å². The monoisotopic (exact) mass is 503 g/mol. The van der Waals surface area contributed by atoms with Crippen molar-refractivity contribution in [3.8, 4) is 16.9 Å². The number of carboxylic acids is 1. The van der Waals surface area contributed by atoms with Crippen LogP contribution in [0.15, 0.2) is 103 Å². The smallest absolute Gasteiger partial charge is 0.315 e. The van der Waals surface area contributed by atoms with Gasteiger partial charge in [-0.05, 0) is 46.0 Å². The fraction of sp³-hybridized carbons (Fsp3) is 0.156. The molecule has 0 saturated heterocycles. The molecule has 2 aliphatic rings. The second-order valence-corrected chi connectivity index (χ2v) is 9.81. The van der Waals surface area contributed by atoms with Gasteiger partial charge < -0.3 is 15.2 Å². The van der Waals surface area contributed by atoms with E-state index in [1.54, 1.807) is 12.1 Å². The van der Waals surface area contributed by atoms with Crippen molar-refractivity contribution < 1.29 is 24.2 Å². The normalized spacial score (nSPS) is 21.6. The third-order valence-electron chi connectivity index (χ3n) is 7.59. The lowest BCUT2D eigenvalue weighted by molar-refractivity contribution is -0.158. The van der Waals surface area contributed by atoms with Gasteiger partial charge in [-0.3, -0.25) is 14.4 Å². The number of aliphatic carboxylic acids is 1. The zero-order valence-electron chi connectivity index (χ0n) is 20.4. The summed E-state index contributed by atoms with van der Waals surface area (Å²) in [6.07, 6.45) is 0.372. The molecule has 2 atom stereocenters. The molecule has 1 fully saturated rings. The topological polar surface area (TPSA) is 92.7 Å². The van der Waals surface area contributed by atoms with Crippen LogP contribution in [0.25, 0.3) is 11.1 Å². The maximum absolute atomic E-state index is 13.7. The minimum atomic E-state index is -0.928. The predicted octanol–water partition coefficient (Wildman–Crippen LogP) is 5.65. The summed E-state index contributed by atoms with van der Waals surface area (Å²) in [6, 6.07) is 31.7. The molecule has 1 aliphatic heterocycles. The number of hydrogen-bond donors (Lipinski definition) is 2. The Kier molecular flexibility index (Phi) is 6.00. The highest BCUT2D eigenvalue weighted by atomic mass is 16.5. The first-order chi connectivity index (χ1) is 18.5. The van der Waals surface area contributed by atoms with Crippen LogP contribution in [-0.4, -0.2) is 23.0 Å². The number of carbonyl (C=O) groups is 3. The number of fused-ring (bicyclic) bond motifs is 1. The van der Waals surface area contributed by atoms with Crippen LogP contribution in [0.5, 0.6) is 5.75 Å². The van der Waals surface area contributed by atoms with Crippen LogP contribution in [-0.2, 0) is 20.8 Å². The molecule has 188 valence electrons. The van der Waals surface area contributed by atoms with E-state index in [0.717, 1.165) is 33.5 Å². The van der Waals surface area contributed by atoms with Gasteiger partial charge in [0.1, 0.15) is 5.75 Å². The first kappa shape index (κ1) is 23.7. The van der Waals surface area contributed by atoms with Gasteiger partial charge >= 0.3 is 11.9 Å². The van der Waals surface area contributed by atoms with Crippen molar-refractivity contribution >= 4 is 23.5 Å². The molecule has 1 aliphatic carbocycles. The average molecular weight is 504 g/mol. The molecule has 1 amide bonds. The molecule has 0 unspecified atom stereocenters. The van der Waals surface area contributed by atoms with Gasteiger partial charge in [-0.1, -0.05) is 84.9 Å². The number of ether oxygens (including phenoxy) is 1. The Bertz CT molecular complexity index is 1480.